The zero-order valence-corrected chi connectivity index (χ0v) is 20.8. The molecule has 188 valence electrons. The van der Waals surface area contributed by atoms with Crippen LogP contribution in [-0.4, -0.2) is 30.8 Å². The van der Waals surface area contributed by atoms with Gasteiger partial charge in [-0.15, -0.1) is 0 Å². The molecule has 1 heterocycles. The molecule has 1 atom stereocenters. The van der Waals surface area contributed by atoms with Crippen LogP contribution < -0.4 is 15.0 Å². The number of rotatable bonds is 7. The lowest BCUT2D eigenvalue weighted by Gasteiger charge is -2.29. The molecule has 1 N–H and O–H groups in total. The van der Waals surface area contributed by atoms with E-state index in [0.29, 0.717) is 30.8 Å². The molecule has 4 rings (SSSR count). The van der Waals surface area contributed by atoms with Crippen LogP contribution in [-0.2, 0) is 22.4 Å². The molecule has 0 aromatic heterocycles. The van der Waals surface area contributed by atoms with Gasteiger partial charge >= 0.3 is 6.09 Å². The van der Waals surface area contributed by atoms with Gasteiger partial charge in [0.15, 0.2) is 0 Å². The van der Waals surface area contributed by atoms with Gasteiger partial charge in [0.1, 0.15) is 23.2 Å². The Bertz CT molecular complexity index is 1210. The summed E-state index contributed by atoms with van der Waals surface area (Å²) in [6.07, 6.45) is 0.597. The number of alkyl carbamates (subject to hydrolysis) is 1. The van der Waals surface area contributed by atoms with Crippen LogP contribution in [0, 0.1) is 5.82 Å². The highest BCUT2D eigenvalue weighted by molar-refractivity contribution is 5.99. The lowest BCUT2D eigenvalue weighted by atomic mass is 10.0. The Morgan fingerprint density at radius 1 is 1.06 bits per heavy atom. The van der Waals surface area contributed by atoms with Gasteiger partial charge in [0, 0.05) is 18.7 Å². The molecule has 0 radical (unpaired) electrons. The summed E-state index contributed by atoms with van der Waals surface area (Å²) in [7, 11) is 0. The maximum absolute atomic E-state index is 14.1. The summed E-state index contributed by atoms with van der Waals surface area (Å²) >= 11 is 0. The number of carbonyl (C=O) groups is 2. The Balaban J connectivity index is 1.66. The molecule has 0 fully saturated rings. The van der Waals surface area contributed by atoms with Crippen molar-refractivity contribution in [1.29, 1.82) is 0 Å². The van der Waals surface area contributed by atoms with Crippen molar-refractivity contribution >= 4 is 17.7 Å². The number of amides is 2. The maximum atomic E-state index is 14.1. The molecular weight excluding hydrogens is 459 g/mol. The third-order valence-corrected chi connectivity index (χ3v) is 5.83. The van der Waals surface area contributed by atoms with E-state index in [1.165, 1.54) is 12.1 Å². The van der Waals surface area contributed by atoms with Gasteiger partial charge in [-0.2, -0.15) is 0 Å². The van der Waals surface area contributed by atoms with E-state index >= 15 is 0 Å². The van der Waals surface area contributed by atoms with Crippen molar-refractivity contribution in [2.75, 3.05) is 18.1 Å². The molecule has 7 heteroatoms. The standard InChI is InChI=1S/C29H31FN2O4/c1-29(2,3)36-28(34)31-26(21-7-5-4-6-8-21)27(33)32(17-15-20-9-11-23(30)12-10-20)24-13-14-25-22(19-24)16-18-35-25/h4-14,19,26H,15-18H2,1-3H3,(H,31,34)/t26-/m0/s1. The summed E-state index contributed by atoms with van der Waals surface area (Å²) in [5.74, 6) is 0.209. The average Bonchev–Trinajstić information content (AvgIpc) is 3.31. The smallest absolute Gasteiger partial charge is 0.408 e. The largest absolute Gasteiger partial charge is 0.493 e. The van der Waals surface area contributed by atoms with Crippen LogP contribution in [0.3, 0.4) is 0 Å². The first-order valence-corrected chi connectivity index (χ1v) is 12.1. The molecule has 3 aromatic rings. The van der Waals surface area contributed by atoms with E-state index in [2.05, 4.69) is 5.32 Å². The lowest BCUT2D eigenvalue weighted by molar-refractivity contribution is -0.120. The van der Waals surface area contributed by atoms with Crippen molar-refractivity contribution in [3.8, 4) is 5.75 Å². The van der Waals surface area contributed by atoms with Gasteiger partial charge in [0.2, 0.25) is 0 Å². The van der Waals surface area contributed by atoms with E-state index in [1.807, 2.05) is 36.4 Å². The number of ether oxygens (including phenoxy) is 2. The Labute approximate surface area is 211 Å². The van der Waals surface area contributed by atoms with E-state index in [0.717, 1.165) is 23.3 Å². The van der Waals surface area contributed by atoms with Crippen molar-refractivity contribution in [3.05, 3.63) is 95.3 Å². The molecule has 3 aromatic carbocycles. The van der Waals surface area contributed by atoms with Crippen molar-refractivity contribution < 1.29 is 23.5 Å². The minimum absolute atomic E-state index is 0.298. The number of hydrogen-bond acceptors (Lipinski definition) is 4. The predicted molar refractivity (Wildman–Crippen MR) is 137 cm³/mol. The van der Waals surface area contributed by atoms with Gasteiger partial charge in [0.25, 0.3) is 5.91 Å². The minimum Gasteiger partial charge on any atom is -0.493 e. The third-order valence-electron chi connectivity index (χ3n) is 5.83. The van der Waals surface area contributed by atoms with Gasteiger partial charge in [-0.25, -0.2) is 9.18 Å². The number of carbonyl (C=O) groups excluding carboxylic acids is 2. The van der Waals surface area contributed by atoms with Gasteiger partial charge in [0.05, 0.1) is 6.61 Å². The SMILES string of the molecule is CC(C)(C)OC(=O)N[C@H](C(=O)N(CCc1ccc(F)cc1)c1ccc2c(c1)CCO2)c1ccccc1. The molecule has 1 aliphatic heterocycles. The van der Waals surface area contributed by atoms with Crippen molar-refractivity contribution in [2.45, 2.75) is 45.3 Å². The van der Waals surface area contributed by atoms with Crippen LogP contribution in [0.15, 0.2) is 72.8 Å². The molecule has 0 saturated carbocycles. The summed E-state index contributed by atoms with van der Waals surface area (Å²) in [6.45, 7) is 6.26. The zero-order valence-electron chi connectivity index (χ0n) is 20.8. The first-order chi connectivity index (χ1) is 17.2. The number of anilines is 1. The zero-order chi connectivity index (χ0) is 25.7. The minimum atomic E-state index is -0.959. The number of hydrogen-bond donors (Lipinski definition) is 1. The second-order valence-corrected chi connectivity index (χ2v) is 9.75. The fourth-order valence-electron chi connectivity index (χ4n) is 4.11. The van der Waals surface area contributed by atoms with Gasteiger partial charge in [-0.05, 0) is 74.2 Å². The summed E-state index contributed by atoms with van der Waals surface area (Å²) in [5, 5.41) is 2.77. The van der Waals surface area contributed by atoms with Crippen LogP contribution in [0.5, 0.6) is 5.75 Å². The molecule has 0 spiro atoms. The number of nitrogens with zero attached hydrogens (tertiary/aromatic N) is 1. The molecular formula is C29H31FN2O4. The Kier molecular flexibility index (Phi) is 7.58. The Morgan fingerprint density at radius 2 is 1.78 bits per heavy atom. The van der Waals surface area contributed by atoms with E-state index in [1.54, 1.807) is 49.9 Å². The number of fused-ring (bicyclic) bond motifs is 1. The number of nitrogens with one attached hydrogen (secondary N) is 1. The molecule has 0 saturated heterocycles. The monoisotopic (exact) mass is 490 g/mol. The predicted octanol–water partition coefficient (Wildman–Crippen LogP) is 5.60. The lowest BCUT2D eigenvalue weighted by Crippen LogP contribution is -2.45. The van der Waals surface area contributed by atoms with Crippen LogP contribution in [0.1, 0.15) is 43.5 Å². The highest BCUT2D eigenvalue weighted by Gasteiger charge is 2.31. The highest BCUT2D eigenvalue weighted by Crippen LogP contribution is 2.31. The number of halogens is 1. The first-order valence-electron chi connectivity index (χ1n) is 12.1. The maximum Gasteiger partial charge on any atom is 0.408 e. The highest BCUT2D eigenvalue weighted by atomic mass is 19.1. The van der Waals surface area contributed by atoms with E-state index in [-0.39, 0.29) is 11.7 Å². The van der Waals surface area contributed by atoms with Crippen LogP contribution in [0.2, 0.25) is 0 Å². The Morgan fingerprint density at radius 3 is 2.47 bits per heavy atom. The van der Waals surface area contributed by atoms with Gasteiger partial charge < -0.3 is 19.7 Å². The summed E-state index contributed by atoms with van der Waals surface area (Å²) < 4.78 is 24.5. The topological polar surface area (TPSA) is 67.9 Å². The second kappa shape index (κ2) is 10.8. The molecule has 0 aliphatic carbocycles. The molecule has 6 nitrogen and oxygen atoms in total. The fraction of sp³-hybridized carbons (Fsp3) is 0.310. The molecule has 0 unspecified atom stereocenters. The fourth-order valence-corrected chi connectivity index (χ4v) is 4.11. The van der Waals surface area contributed by atoms with Gasteiger partial charge in [-0.1, -0.05) is 42.5 Å². The van der Waals surface area contributed by atoms with Gasteiger partial charge in [-0.3, -0.25) is 4.79 Å². The van der Waals surface area contributed by atoms with E-state index in [9.17, 15) is 14.0 Å². The van der Waals surface area contributed by atoms with E-state index in [4.69, 9.17) is 9.47 Å². The molecule has 0 bridgehead atoms. The normalized spacial score (nSPS) is 13.3. The van der Waals surface area contributed by atoms with Crippen LogP contribution >= 0.6 is 0 Å². The molecule has 1 aliphatic rings. The first kappa shape index (κ1) is 25.2. The molecule has 36 heavy (non-hydrogen) atoms. The van der Waals surface area contributed by atoms with Crippen LogP contribution in [0.25, 0.3) is 0 Å². The Hall–Kier alpha value is -3.87. The third kappa shape index (κ3) is 6.42. The van der Waals surface area contributed by atoms with Crippen LogP contribution in [0.4, 0.5) is 14.9 Å². The summed E-state index contributed by atoms with van der Waals surface area (Å²) in [6, 6.07) is 20.1. The van der Waals surface area contributed by atoms with Crippen molar-refractivity contribution in [2.24, 2.45) is 0 Å². The summed E-state index contributed by atoms with van der Waals surface area (Å²) in [4.78, 5) is 28.5. The molecule has 2 amide bonds. The van der Waals surface area contributed by atoms with Crippen molar-refractivity contribution in [3.63, 3.8) is 0 Å². The van der Waals surface area contributed by atoms with Crippen molar-refractivity contribution in [1.82, 2.24) is 5.32 Å². The average molecular weight is 491 g/mol. The van der Waals surface area contributed by atoms with E-state index < -0.39 is 17.7 Å². The number of benzene rings is 3. The summed E-state index contributed by atoms with van der Waals surface area (Å²) in [5.41, 5.74) is 2.57. The second-order valence-electron chi connectivity index (χ2n) is 9.75. The quantitative estimate of drug-likeness (QED) is 0.468.